The first-order chi connectivity index (χ1) is 14.6. The molecule has 0 saturated heterocycles. The highest BCUT2D eigenvalue weighted by molar-refractivity contribution is 6.29. The number of rotatable bonds is 6. The SMILES string of the molecule is Cc1cc(F)c(NC(=O)NCCC2(C(F)(F)F)CC2)cc1-c1cc(Cl)nc(C2CC2)c1. The molecule has 1 heterocycles. The lowest BCUT2D eigenvalue weighted by Gasteiger charge is -2.19. The lowest BCUT2D eigenvalue weighted by Crippen LogP contribution is -2.34. The topological polar surface area (TPSA) is 54.0 Å². The molecule has 4 nitrogen and oxygen atoms in total. The van der Waals surface area contributed by atoms with Gasteiger partial charge in [0, 0.05) is 18.2 Å². The number of hydrogen-bond acceptors (Lipinski definition) is 2. The molecule has 2 amide bonds. The average molecular weight is 456 g/mol. The monoisotopic (exact) mass is 455 g/mol. The molecule has 1 aromatic carbocycles. The summed E-state index contributed by atoms with van der Waals surface area (Å²) in [6.07, 6.45) is -2.20. The maximum Gasteiger partial charge on any atom is 0.394 e. The summed E-state index contributed by atoms with van der Waals surface area (Å²) < 4.78 is 53.4. The molecule has 2 aliphatic rings. The summed E-state index contributed by atoms with van der Waals surface area (Å²) in [5.74, 6) is -0.249. The van der Waals surface area contributed by atoms with E-state index < -0.39 is 23.4 Å². The molecule has 1 aromatic heterocycles. The van der Waals surface area contributed by atoms with E-state index in [1.54, 1.807) is 13.0 Å². The second kappa shape index (κ2) is 7.97. The van der Waals surface area contributed by atoms with Crippen LogP contribution >= 0.6 is 11.6 Å². The van der Waals surface area contributed by atoms with Crippen LogP contribution in [0.4, 0.5) is 28.0 Å². The van der Waals surface area contributed by atoms with Crippen molar-refractivity contribution < 1.29 is 22.4 Å². The highest BCUT2D eigenvalue weighted by atomic mass is 35.5. The van der Waals surface area contributed by atoms with Gasteiger partial charge in [-0.1, -0.05) is 11.6 Å². The molecule has 4 rings (SSSR count). The highest BCUT2D eigenvalue weighted by Crippen LogP contribution is 2.59. The number of nitrogens with one attached hydrogen (secondary N) is 2. The van der Waals surface area contributed by atoms with Crippen LogP contribution in [-0.2, 0) is 0 Å². The Morgan fingerprint density at radius 1 is 1.23 bits per heavy atom. The van der Waals surface area contributed by atoms with Crippen LogP contribution in [0.5, 0.6) is 0 Å². The third-order valence-electron chi connectivity index (χ3n) is 6.03. The molecule has 31 heavy (non-hydrogen) atoms. The third-order valence-corrected chi connectivity index (χ3v) is 6.22. The van der Waals surface area contributed by atoms with E-state index in [4.69, 9.17) is 11.6 Å². The minimum Gasteiger partial charge on any atom is -0.338 e. The minimum atomic E-state index is -4.27. The molecule has 0 bridgehead atoms. The van der Waals surface area contributed by atoms with Gasteiger partial charge in [-0.25, -0.2) is 14.2 Å². The molecular weight excluding hydrogens is 434 g/mol. The van der Waals surface area contributed by atoms with Crippen molar-refractivity contribution in [3.63, 3.8) is 0 Å². The van der Waals surface area contributed by atoms with Crippen molar-refractivity contribution in [1.29, 1.82) is 0 Å². The van der Waals surface area contributed by atoms with E-state index in [0.717, 1.165) is 24.1 Å². The second-order valence-electron chi connectivity index (χ2n) is 8.43. The number of nitrogens with zero attached hydrogens (tertiary/aromatic N) is 1. The number of carbonyl (C=O) groups is 1. The zero-order chi connectivity index (χ0) is 22.4. The Labute approximate surface area is 182 Å². The van der Waals surface area contributed by atoms with Crippen molar-refractivity contribution in [2.24, 2.45) is 5.41 Å². The lowest BCUT2D eigenvalue weighted by atomic mass is 9.99. The number of amides is 2. The fraction of sp³-hybridized carbons (Fsp3) is 0.455. The van der Waals surface area contributed by atoms with Crippen molar-refractivity contribution in [3.8, 4) is 11.1 Å². The number of urea groups is 1. The molecule has 2 aromatic rings. The van der Waals surface area contributed by atoms with Crippen LogP contribution in [0.25, 0.3) is 11.1 Å². The van der Waals surface area contributed by atoms with Crippen LogP contribution in [0.3, 0.4) is 0 Å². The number of aryl methyl sites for hydroxylation is 1. The number of alkyl halides is 3. The summed E-state index contributed by atoms with van der Waals surface area (Å²) in [7, 11) is 0. The molecule has 9 heteroatoms. The first-order valence-electron chi connectivity index (χ1n) is 10.2. The Kier molecular flexibility index (Phi) is 5.62. The molecule has 166 valence electrons. The molecule has 0 spiro atoms. The van der Waals surface area contributed by atoms with Gasteiger partial charge in [0.15, 0.2) is 0 Å². The van der Waals surface area contributed by atoms with E-state index >= 15 is 0 Å². The zero-order valence-corrected chi connectivity index (χ0v) is 17.6. The molecule has 2 fully saturated rings. The Balaban J connectivity index is 1.46. The minimum absolute atomic E-state index is 0.0593. The van der Waals surface area contributed by atoms with Crippen molar-refractivity contribution >= 4 is 23.3 Å². The second-order valence-corrected chi connectivity index (χ2v) is 8.82. The predicted molar refractivity (Wildman–Crippen MR) is 111 cm³/mol. The summed E-state index contributed by atoms with van der Waals surface area (Å²) in [5, 5.41) is 5.14. The number of anilines is 1. The van der Waals surface area contributed by atoms with Gasteiger partial charge in [-0.3, -0.25) is 0 Å². The number of aromatic nitrogens is 1. The van der Waals surface area contributed by atoms with Crippen LogP contribution in [0.15, 0.2) is 24.3 Å². The molecule has 0 aliphatic heterocycles. The van der Waals surface area contributed by atoms with Crippen molar-refractivity contribution in [3.05, 3.63) is 46.5 Å². The van der Waals surface area contributed by atoms with Crippen LogP contribution in [0.1, 0.15) is 49.3 Å². The highest BCUT2D eigenvalue weighted by Gasteiger charge is 2.62. The molecule has 2 saturated carbocycles. The Bertz CT molecular complexity index is 1020. The van der Waals surface area contributed by atoms with Crippen molar-refractivity contribution in [2.45, 2.75) is 51.1 Å². The summed E-state index contributed by atoms with van der Waals surface area (Å²) in [6.45, 7) is 1.61. The van der Waals surface area contributed by atoms with Gasteiger partial charge in [0.25, 0.3) is 0 Å². The summed E-state index contributed by atoms with van der Waals surface area (Å²) >= 11 is 6.17. The normalized spacial score (nSPS) is 17.4. The van der Waals surface area contributed by atoms with Gasteiger partial charge in [0.2, 0.25) is 0 Å². The summed E-state index contributed by atoms with van der Waals surface area (Å²) in [5.41, 5.74) is 1.25. The number of carbonyl (C=O) groups excluding carboxylic acids is 1. The number of benzene rings is 1. The number of pyridine rings is 1. The summed E-state index contributed by atoms with van der Waals surface area (Å²) in [6, 6.07) is 5.66. The van der Waals surface area contributed by atoms with Gasteiger partial charge in [0.05, 0.1) is 11.1 Å². The van der Waals surface area contributed by atoms with E-state index in [9.17, 15) is 22.4 Å². The van der Waals surface area contributed by atoms with Crippen molar-refractivity contribution in [2.75, 3.05) is 11.9 Å². The van der Waals surface area contributed by atoms with Crippen molar-refractivity contribution in [1.82, 2.24) is 10.3 Å². The lowest BCUT2D eigenvalue weighted by molar-refractivity contribution is -0.188. The van der Waals surface area contributed by atoms with E-state index in [1.165, 1.54) is 12.1 Å². The predicted octanol–water partition coefficient (Wildman–Crippen LogP) is 6.58. The van der Waals surface area contributed by atoms with E-state index in [1.807, 2.05) is 6.07 Å². The van der Waals surface area contributed by atoms with Gasteiger partial charge in [-0.15, -0.1) is 0 Å². The molecule has 0 atom stereocenters. The molecule has 2 N–H and O–H groups in total. The fourth-order valence-electron chi connectivity index (χ4n) is 3.75. The van der Waals surface area contributed by atoms with Gasteiger partial charge in [0.1, 0.15) is 11.0 Å². The Morgan fingerprint density at radius 2 is 1.94 bits per heavy atom. The number of halogens is 5. The molecule has 2 aliphatic carbocycles. The Morgan fingerprint density at radius 3 is 2.55 bits per heavy atom. The smallest absolute Gasteiger partial charge is 0.338 e. The van der Waals surface area contributed by atoms with Gasteiger partial charge in [-0.2, -0.15) is 13.2 Å². The zero-order valence-electron chi connectivity index (χ0n) is 16.9. The summed E-state index contributed by atoms with van der Waals surface area (Å²) in [4.78, 5) is 16.5. The van der Waals surface area contributed by atoms with Gasteiger partial charge >= 0.3 is 12.2 Å². The van der Waals surface area contributed by atoms with E-state index in [-0.39, 0.29) is 31.5 Å². The van der Waals surface area contributed by atoms with Gasteiger partial charge in [-0.05, 0) is 80.0 Å². The quantitative estimate of drug-likeness (QED) is 0.382. The van der Waals surface area contributed by atoms with E-state index in [0.29, 0.717) is 22.2 Å². The van der Waals surface area contributed by atoms with Gasteiger partial charge < -0.3 is 10.6 Å². The molecule has 0 radical (unpaired) electrons. The fourth-order valence-corrected chi connectivity index (χ4v) is 3.96. The Hall–Kier alpha value is -2.35. The van der Waals surface area contributed by atoms with Crippen LogP contribution in [0.2, 0.25) is 5.15 Å². The largest absolute Gasteiger partial charge is 0.394 e. The standard InChI is InChI=1S/C22H22ClF4N3O/c1-12-8-16(24)18(30-20(31)28-7-6-21(4-5-21)22(25,26)27)11-15(12)14-9-17(13-2-3-13)29-19(23)10-14/h8-11,13H,2-7H2,1H3,(H2,28,30,31). The third kappa shape index (κ3) is 4.79. The maximum absolute atomic E-state index is 14.5. The first-order valence-corrected chi connectivity index (χ1v) is 10.6. The maximum atomic E-state index is 14.5. The van der Waals surface area contributed by atoms with E-state index in [2.05, 4.69) is 15.6 Å². The number of hydrogen-bond donors (Lipinski definition) is 2. The van der Waals surface area contributed by atoms with Crippen LogP contribution < -0.4 is 10.6 Å². The first kappa shape index (κ1) is 21.9. The van der Waals surface area contributed by atoms with Crippen LogP contribution in [0, 0.1) is 18.2 Å². The van der Waals surface area contributed by atoms with Crippen LogP contribution in [-0.4, -0.2) is 23.7 Å². The molecule has 0 unspecified atom stereocenters. The molecular formula is C22H22ClF4N3O. The average Bonchev–Trinajstić information content (AvgIpc) is 3.56.